The number of aliphatic hydroxyl groups is 20. The topological polar surface area (TPSA) is 574 Å². The number of aliphatic hydroxyl groups excluding tert-OH is 20. The maximum Gasteiger partial charge on any atom is 0.187 e. The minimum absolute atomic E-state index is 0.121. The number of hydrogen-bond donors (Lipinski definition) is 20. The van der Waals surface area contributed by atoms with Crippen LogP contribution in [0, 0.1) is 0 Å². The molecule has 0 aliphatic carbocycles. The number of ether oxygens (including phenoxy) is 15. The van der Waals surface area contributed by atoms with Gasteiger partial charge in [-0.25, -0.2) is 4.68 Å². The average Bonchev–Trinajstić information content (AvgIpc) is 0.870. The summed E-state index contributed by atoms with van der Waals surface area (Å²) in [6.07, 6.45) is -69.3. The van der Waals surface area contributed by atoms with Gasteiger partial charge in [0.15, 0.2) is 44.0 Å². The van der Waals surface area contributed by atoms with E-state index in [1.54, 1.807) is 6.07 Å². The van der Waals surface area contributed by atoms with Gasteiger partial charge in [-0.05, 0) is 22.9 Å². The summed E-state index contributed by atoms with van der Waals surface area (Å²) in [5, 5.41) is 235. The lowest BCUT2D eigenvalue weighted by Gasteiger charge is -2.50. The fourth-order valence-electron chi connectivity index (χ4n) is 12.5. The van der Waals surface area contributed by atoms with Gasteiger partial charge < -0.3 is 173 Å². The zero-order valence-electron chi connectivity index (χ0n) is 48.9. The molecular formula is C55H79N3O35. The van der Waals surface area contributed by atoms with Gasteiger partial charge in [0.2, 0.25) is 0 Å². The number of benzene rings is 2. The first-order valence-electron chi connectivity index (χ1n) is 30.0. The Morgan fingerprint density at radius 3 is 0.882 bits per heavy atom. The molecule has 14 bridgehead atoms. The molecule has 3 aromatic rings. The first kappa shape index (κ1) is 70.6. The van der Waals surface area contributed by atoms with Crippen LogP contribution in [0.25, 0.3) is 10.8 Å². The lowest BCUT2D eigenvalue weighted by molar-refractivity contribution is -0.396. The fourth-order valence-corrected chi connectivity index (χ4v) is 12.5. The van der Waals surface area contributed by atoms with Crippen LogP contribution in [-0.2, 0) is 79.5 Å². The summed E-state index contributed by atoms with van der Waals surface area (Å²) < 4.78 is 89.0. The Morgan fingerprint density at radius 1 is 0.323 bits per heavy atom. The summed E-state index contributed by atoms with van der Waals surface area (Å²) in [4.78, 5) is 0. The zero-order valence-corrected chi connectivity index (χ0v) is 48.9. The normalized spacial score (nSPS) is 47.8. The van der Waals surface area contributed by atoms with Gasteiger partial charge in [0.25, 0.3) is 0 Å². The van der Waals surface area contributed by atoms with Gasteiger partial charge in [-0.1, -0.05) is 35.5 Å². The van der Waals surface area contributed by atoms with Crippen LogP contribution in [0.5, 0.6) is 5.75 Å². The summed E-state index contributed by atoms with van der Waals surface area (Å²) in [5.74, 6) is 0.485. The number of nitrogens with zero attached hydrogens (tertiary/aromatic N) is 3. The second kappa shape index (κ2) is 30.2. The third-order valence-corrected chi connectivity index (χ3v) is 17.7. The van der Waals surface area contributed by atoms with E-state index in [9.17, 15) is 102 Å². The van der Waals surface area contributed by atoms with E-state index in [0.29, 0.717) is 5.75 Å². The predicted molar refractivity (Wildman–Crippen MR) is 290 cm³/mol. The molecule has 0 amide bonds. The maximum atomic E-state index is 12.0. The van der Waals surface area contributed by atoms with Crippen LogP contribution >= 0.6 is 0 Å². The van der Waals surface area contributed by atoms with Crippen molar-refractivity contribution in [3.63, 3.8) is 0 Å². The van der Waals surface area contributed by atoms with Crippen molar-refractivity contribution in [3.8, 4) is 5.75 Å². The summed E-state index contributed by atoms with van der Waals surface area (Å²) in [7, 11) is 0. The van der Waals surface area contributed by atoms with Crippen LogP contribution in [0.3, 0.4) is 0 Å². The molecule has 35 atom stereocenters. The number of rotatable bonds is 11. The van der Waals surface area contributed by atoms with Crippen molar-refractivity contribution >= 4 is 10.8 Å². The molecule has 0 spiro atoms. The molecule has 2 aromatic carbocycles. The van der Waals surface area contributed by atoms with E-state index < -0.39 is 261 Å². The van der Waals surface area contributed by atoms with E-state index in [1.165, 1.54) is 10.9 Å². The van der Waals surface area contributed by atoms with Crippen LogP contribution in [0.15, 0.2) is 48.7 Å². The Hall–Kier alpha value is -3.72. The molecule has 21 aliphatic rings. The van der Waals surface area contributed by atoms with Crippen LogP contribution in [-0.4, -0.2) is 372 Å². The van der Waals surface area contributed by atoms with Crippen LogP contribution in [0.1, 0.15) is 5.69 Å². The Balaban J connectivity index is 0.882. The van der Waals surface area contributed by atoms with Gasteiger partial charge in [0.1, 0.15) is 189 Å². The smallest absolute Gasteiger partial charge is 0.187 e. The maximum absolute atomic E-state index is 12.0. The van der Waals surface area contributed by atoms with E-state index in [1.807, 2.05) is 36.4 Å². The van der Waals surface area contributed by atoms with E-state index in [0.717, 1.165) is 10.8 Å². The first-order valence-corrected chi connectivity index (χ1v) is 30.0. The second-order valence-corrected chi connectivity index (χ2v) is 23.7. The molecule has 38 nitrogen and oxygen atoms in total. The summed E-state index contributed by atoms with van der Waals surface area (Å²) in [5.41, 5.74) is 0.258. The van der Waals surface area contributed by atoms with Crippen molar-refractivity contribution in [1.29, 1.82) is 0 Å². The van der Waals surface area contributed by atoms with Gasteiger partial charge in [-0.15, -0.1) is 5.10 Å². The highest BCUT2D eigenvalue weighted by Gasteiger charge is 2.60. The average molecular weight is 1340 g/mol. The summed E-state index contributed by atoms with van der Waals surface area (Å²) in [6.45, 7) is -6.93. The Bertz CT molecular complexity index is 2840. The summed E-state index contributed by atoms with van der Waals surface area (Å²) in [6, 6.07) is 13.0. The van der Waals surface area contributed by atoms with Crippen LogP contribution < -0.4 is 4.74 Å². The first-order chi connectivity index (χ1) is 44.6. The highest BCUT2D eigenvalue weighted by atomic mass is 16.8. The molecule has 93 heavy (non-hydrogen) atoms. The molecule has 1 aromatic heterocycles. The molecular weight excluding hydrogens is 1260 g/mol. The molecule has 21 saturated heterocycles. The SMILES string of the molecule is OC[C@H]1O[C@@H]2O[C@H]3[C@H](O)[C@@H](O)[C@@H](O[C@H]4[C@H](O)[C@@H](O)[C@@H](O[C@H]5[C@H](O)[C@@H](O)[C@@H](O[C@H]6[C@H](O)[C@@H](O)[C@@H](O[C@H]7[C@H](O)[C@@H](O)[C@@H](O[C@H]8[C@H](O)[C@@H](O)[C@@H](O[C@H]1[C@H](O)[C@H]2O)O[C@@H]8CO)O[C@@H]7CO)O[C@@H]6CO)O[C@@H]5Cn1cc(COc2ccc5ccccc5c2)nn1)O[C@@H]4CO)O[C@@H]3CO. The second-order valence-electron chi connectivity index (χ2n) is 23.7. The van der Waals surface area contributed by atoms with Gasteiger partial charge in [-0.3, -0.25) is 0 Å². The number of aromatic nitrogens is 3. The molecule has 0 radical (unpaired) electrons. The molecule has 21 fully saturated rings. The van der Waals surface area contributed by atoms with E-state index in [2.05, 4.69) is 10.3 Å². The van der Waals surface area contributed by atoms with Crippen molar-refractivity contribution in [3.05, 3.63) is 54.4 Å². The standard InChI is InChI=1S/C55H79N3O35/c59-10-22-43-30(67)37(74)51(82-22)90-45-24(12-61)84-53(39(76)32(45)69)92-47-26(14-63)86-55(41(78)34(47)71)93-48-27(15-64)85-54(40(77)33(48)70)91-46-25(13-62)83-52(38(75)31(46)68)89-44-23(11-60)81-50(36(73)29(44)66)87-42-21(80-49(88-43)35(72)28(42)65)9-58-8-19(56-57-58)16-79-20-6-5-17-3-1-2-4-18(17)7-20/h1-8,21-55,59-78H,9-16H2/t21-,22-,23-,24-,25-,26-,27-,28-,29-,30-,31-,32-,33-,34-,35-,36-,37-,38-,39-,40-,41-,42-,43-,44-,45-,46-,47-,48-,49-,50-,51-,52-,53-,54-,55-/m1/s1. The zero-order chi connectivity index (χ0) is 66.4. The number of hydrogen-bond acceptors (Lipinski definition) is 37. The van der Waals surface area contributed by atoms with Gasteiger partial charge in [0, 0.05) is 0 Å². The third-order valence-electron chi connectivity index (χ3n) is 17.7. The third kappa shape index (κ3) is 14.3. The lowest BCUT2D eigenvalue weighted by atomic mass is 9.95. The fraction of sp³-hybridized carbons (Fsp3) is 0.782. The van der Waals surface area contributed by atoms with Gasteiger partial charge >= 0.3 is 0 Å². The molecule has 0 unspecified atom stereocenters. The van der Waals surface area contributed by atoms with E-state index in [4.69, 9.17) is 71.1 Å². The van der Waals surface area contributed by atoms with Gasteiger partial charge in [-0.2, -0.15) is 0 Å². The molecule has 38 heteroatoms. The molecule has 21 aliphatic heterocycles. The Kier molecular flexibility index (Phi) is 22.9. The summed E-state index contributed by atoms with van der Waals surface area (Å²) >= 11 is 0. The largest absolute Gasteiger partial charge is 0.487 e. The molecule has 0 saturated carbocycles. The quantitative estimate of drug-likeness (QED) is 0.0848. The minimum atomic E-state index is -2.23. The van der Waals surface area contributed by atoms with Gasteiger partial charge in [0.05, 0.1) is 52.4 Å². The predicted octanol–water partition coefficient (Wildman–Crippen LogP) is -12.2. The van der Waals surface area contributed by atoms with Crippen LogP contribution in [0.4, 0.5) is 0 Å². The van der Waals surface area contributed by atoms with Crippen molar-refractivity contribution in [2.24, 2.45) is 0 Å². The molecule has 22 heterocycles. The van der Waals surface area contributed by atoms with Crippen molar-refractivity contribution < 1.29 is 173 Å². The highest BCUT2D eigenvalue weighted by Crippen LogP contribution is 2.39. The van der Waals surface area contributed by atoms with Crippen molar-refractivity contribution in [2.75, 3.05) is 39.6 Å². The Labute approximate surface area is 525 Å². The lowest BCUT2D eigenvalue weighted by Crippen LogP contribution is -2.68. The van der Waals surface area contributed by atoms with Crippen molar-refractivity contribution in [1.82, 2.24) is 15.0 Å². The monoisotopic (exact) mass is 1340 g/mol. The highest BCUT2D eigenvalue weighted by molar-refractivity contribution is 5.83. The molecule has 24 rings (SSSR count). The van der Waals surface area contributed by atoms with Crippen LogP contribution in [0.2, 0.25) is 0 Å². The van der Waals surface area contributed by atoms with Crippen molar-refractivity contribution in [2.45, 2.75) is 228 Å². The number of fused-ring (bicyclic) bond motifs is 1. The minimum Gasteiger partial charge on any atom is -0.487 e. The molecule has 524 valence electrons. The molecule has 20 N–H and O–H groups in total. The van der Waals surface area contributed by atoms with E-state index in [-0.39, 0.29) is 12.3 Å². The van der Waals surface area contributed by atoms with E-state index >= 15 is 0 Å². The Morgan fingerprint density at radius 2 is 0.591 bits per heavy atom.